The molecule has 0 aliphatic heterocycles. The van der Waals surface area contributed by atoms with Crippen LogP contribution in [0, 0.1) is 27.7 Å². The van der Waals surface area contributed by atoms with E-state index in [0.717, 1.165) is 24.7 Å². The molecule has 0 aliphatic carbocycles. The lowest BCUT2D eigenvalue weighted by Crippen LogP contribution is -2.27. The first-order valence-electron chi connectivity index (χ1n) is 7.19. The molecule has 1 aromatic carbocycles. The average molecular weight is 272 g/mol. The molecule has 108 valence electrons. The van der Waals surface area contributed by atoms with Crippen molar-refractivity contribution in [2.75, 3.05) is 6.54 Å². The topological polar surface area (TPSA) is 42.7 Å². The Kier molecular flexibility index (Phi) is 4.55. The van der Waals surface area contributed by atoms with Crippen molar-refractivity contribution in [3.05, 3.63) is 46.5 Å². The van der Waals surface area contributed by atoms with Crippen LogP contribution < -0.4 is 5.32 Å². The summed E-state index contributed by atoms with van der Waals surface area (Å²) >= 11 is 0. The van der Waals surface area contributed by atoms with Crippen LogP contribution in [0.5, 0.6) is 0 Å². The molecule has 0 saturated heterocycles. The Morgan fingerprint density at radius 2 is 1.95 bits per heavy atom. The quantitative estimate of drug-likeness (QED) is 0.910. The van der Waals surface area contributed by atoms with Crippen LogP contribution in [-0.2, 0) is 6.54 Å². The van der Waals surface area contributed by atoms with Gasteiger partial charge in [0.1, 0.15) is 11.6 Å². The molecular weight excluding hydrogens is 248 g/mol. The maximum Gasteiger partial charge on any atom is 0.147 e. The Labute approximate surface area is 121 Å². The van der Waals surface area contributed by atoms with Gasteiger partial charge in [-0.3, -0.25) is 0 Å². The van der Waals surface area contributed by atoms with Gasteiger partial charge in [-0.25, -0.2) is 9.67 Å². The van der Waals surface area contributed by atoms with Crippen molar-refractivity contribution < 1.29 is 0 Å². The van der Waals surface area contributed by atoms with Crippen LogP contribution in [0.2, 0.25) is 0 Å². The van der Waals surface area contributed by atoms with Gasteiger partial charge in [-0.2, -0.15) is 5.10 Å². The number of nitrogens with one attached hydrogen (secondary N) is 1. The van der Waals surface area contributed by atoms with Gasteiger partial charge in [-0.05, 0) is 45.4 Å². The second kappa shape index (κ2) is 6.18. The Morgan fingerprint density at radius 1 is 1.20 bits per heavy atom. The highest BCUT2D eigenvalue weighted by atomic mass is 15.3. The molecule has 1 N–H and O–H groups in total. The highest BCUT2D eigenvalue weighted by molar-refractivity contribution is 5.32. The smallest absolute Gasteiger partial charge is 0.147 e. The largest absolute Gasteiger partial charge is 0.309 e. The number of rotatable bonds is 5. The van der Waals surface area contributed by atoms with E-state index in [1.807, 2.05) is 18.5 Å². The van der Waals surface area contributed by atoms with Crippen molar-refractivity contribution in [1.29, 1.82) is 0 Å². The molecule has 1 unspecified atom stereocenters. The summed E-state index contributed by atoms with van der Waals surface area (Å²) in [6.45, 7) is 12.1. The predicted molar refractivity (Wildman–Crippen MR) is 81.8 cm³/mol. The van der Waals surface area contributed by atoms with Crippen molar-refractivity contribution in [1.82, 2.24) is 20.1 Å². The summed E-state index contributed by atoms with van der Waals surface area (Å²) in [5.74, 6) is 1.80. The third-order valence-electron chi connectivity index (χ3n) is 3.57. The monoisotopic (exact) mass is 272 g/mol. The number of likely N-dealkylation sites (N-methyl/N-ethyl adjacent to an activating group) is 1. The lowest BCUT2D eigenvalue weighted by atomic mass is 9.99. The molecular formula is C16H24N4. The van der Waals surface area contributed by atoms with E-state index < -0.39 is 0 Å². The molecule has 2 aromatic rings. The minimum atomic E-state index is 0.264. The first kappa shape index (κ1) is 14.7. The number of nitrogens with zero attached hydrogens (tertiary/aromatic N) is 3. The first-order valence-corrected chi connectivity index (χ1v) is 7.19. The molecule has 1 aromatic heterocycles. The van der Waals surface area contributed by atoms with Crippen molar-refractivity contribution in [2.24, 2.45) is 0 Å². The highest BCUT2D eigenvalue weighted by Crippen LogP contribution is 2.21. The summed E-state index contributed by atoms with van der Waals surface area (Å²) < 4.78 is 1.99. The van der Waals surface area contributed by atoms with E-state index in [2.05, 4.69) is 54.4 Å². The molecule has 0 aliphatic rings. The zero-order chi connectivity index (χ0) is 14.7. The molecule has 0 radical (unpaired) electrons. The molecule has 4 heteroatoms. The van der Waals surface area contributed by atoms with Crippen molar-refractivity contribution in [2.45, 2.75) is 47.2 Å². The maximum absolute atomic E-state index is 4.47. The Bertz CT molecular complexity index is 586. The Hall–Kier alpha value is -1.68. The van der Waals surface area contributed by atoms with Crippen LogP contribution >= 0.6 is 0 Å². The molecule has 1 atom stereocenters. The zero-order valence-corrected chi connectivity index (χ0v) is 13.1. The molecule has 0 spiro atoms. The molecule has 4 nitrogen and oxygen atoms in total. The van der Waals surface area contributed by atoms with E-state index in [9.17, 15) is 0 Å². The van der Waals surface area contributed by atoms with Crippen molar-refractivity contribution in [3.8, 4) is 0 Å². The lowest BCUT2D eigenvalue weighted by Gasteiger charge is -2.21. The van der Waals surface area contributed by atoms with Crippen LogP contribution in [0.15, 0.2) is 18.2 Å². The van der Waals surface area contributed by atoms with Gasteiger partial charge in [0.2, 0.25) is 0 Å². The van der Waals surface area contributed by atoms with Gasteiger partial charge < -0.3 is 5.32 Å². The van der Waals surface area contributed by atoms with Crippen molar-refractivity contribution >= 4 is 0 Å². The van der Waals surface area contributed by atoms with Crippen LogP contribution in [0.1, 0.15) is 41.3 Å². The fourth-order valence-electron chi connectivity index (χ4n) is 2.64. The van der Waals surface area contributed by atoms with Gasteiger partial charge in [0.15, 0.2) is 0 Å². The molecule has 20 heavy (non-hydrogen) atoms. The number of hydrogen-bond acceptors (Lipinski definition) is 3. The SMILES string of the molecule is CCNC(Cn1nc(C)nc1C)c1ccc(C)cc1C. The first-order chi connectivity index (χ1) is 9.51. The summed E-state index contributed by atoms with van der Waals surface area (Å²) in [4.78, 5) is 4.38. The van der Waals surface area contributed by atoms with Crippen molar-refractivity contribution in [3.63, 3.8) is 0 Å². The van der Waals surface area contributed by atoms with E-state index in [-0.39, 0.29) is 6.04 Å². The molecule has 0 fully saturated rings. The highest BCUT2D eigenvalue weighted by Gasteiger charge is 2.15. The minimum Gasteiger partial charge on any atom is -0.309 e. The minimum absolute atomic E-state index is 0.264. The van der Waals surface area contributed by atoms with Crippen LogP contribution in [0.25, 0.3) is 0 Å². The summed E-state index contributed by atoms with van der Waals surface area (Å²) in [6.07, 6.45) is 0. The molecule has 0 saturated carbocycles. The Morgan fingerprint density at radius 3 is 2.50 bits per heavy atom. The fraction of sp³-hybridized carbons (Fsp3) is 0.500. The van der Waals surface area contributed by atoms with Gasteiger partial charge in [-0.15, -0.1) is 0 Å². The van der Waals surface area contributed by atoms with Crippen LogP contribution in [0.4, 0.5) is 0 Å². The van der Waals surface area contributed by atoms with E-state index >= 15 is 0 Å². The van der Waals surface area contributed by atoms with Crippen LogP contribution in [0.3, 0.4) is 0 Å². The molecule has 0 amide bonds. The maximum atomic E-state index is 4.47. The van der Waals surface area contributed by atoms with Gasteiger partial charge in [0.05, 0.1) is 12.6 Å². The molecule has 1 heterocycles. The molecule has 2 rings (SSSR count). The van der Waals surface area contributed by atoms with E-state index in [0.29, 0.717) is 0 Å². The van der Waals surface area contributed by atoms with E-state index in [1.54, 1.807) is 0 Å². The van der Waals surface area contributed by atoms with Gasteiger partial charge in [0, 0.05) is 0 Å². The molecule has 0 bridgehead atoms. The lowest BCUT2D eigenvalue weighted by molar-refractivity contribution is 0.438. The second-order valence-electron chi connectivity index (χ2n) is 5.36. The average Bonchev–Trinajstić information content (AvgIpc) is 2.67. The van der Waals surface area contributed by atoms with E-state index in [1.165, 1.54) is 16.7 Å². The van der Waals surface area contributed by atoms with Gasteiger partial charge in [-0.1, -0.05) is 30.7 Å². The number of benzene rings is 1. The standard InChI is InChI=1S/C16H24N4/c1-6-17-16(10-20-14(5)18-13(4)19-20)15-8-7-11(2)9-12(15)3/h7-9,16-17H,6,10H2,1-5H3. The summed E-state index contributed by atoms with van der Waals surface area (Å²) in [7, 11) is 0. The Balaban J connectivity index is 2.29. The van der Waals surface area contributed by atoms with E-state index in [4.69, 9.17) is 0 Å². The zero-order valence-electron chi connectivity index (χ0n) is 13.1. The number of aromatic nitrogens is 3. The fourth-order valence-corrected chi connectivity index (χ4v) is 2.64. The summed E-state index contributed by atoms with van der Waals surface area (Å²) in [5.41, 5.74) is 3.96. The summed E-state index contributed by atoms with van der Waals surface area (Å²) in [6, 6.07) is 6.89. The number of hydrogen-bond donors (Lipinski definition) is 1. The number of aryl methyl sites for hydroxylation is 4. The second-order valence-corrected chi connectivity index (χ2v) is 5.36. The van der Waals surface area contributed by atoms with Crippen LogP contribution in [-0.4, -0.2) is 21.3 Å². The summed E-state index contributed by atoms with van der Waals surface area (Å²) in [5, 5.41) is 8.03. The predicted octanol–water partition coefficient (Wildman–Crippen LogP) is 2.86. The van der Waals surface area contributed by atoms with Gasteiger partial charge >= 0.3 is 0 Å². The van der Waals surface area contributed by atoms with Gasteiger partial charge in [0.25, 0.3) is 0 Å². The third-order valence-corrected chi connectivity index (χ3v) is 3.57. The third kappa shape index (κ3) is 3.25. The normalized spacial score (nSPS) is 12.7.